The van der Waals surface area contributed by atoms with Crippen LogP contribution < -0.4 is 50.2 Å². The Labute approximate surface area is 658 Å². The number of nitrogens with zero attached hydrogens (tertiary/aromatic N) is 7. The number of thiophene rings is 1. The molecule has 4 aliphatic rings. The summed E-state index contributed by atoms with van der Waals surface area (Å²) in [5.41, 5.74) is -12.6. The quantitative estimate of drug-likeness (QED) is 0.0541. The van der Waals surface area contributed by atoms with Gasteiger partial charge >= 0.3 is 92.1 Å². The number of rotatable bonds is 14. The zero-order chi connectivity index (χ0) is 92.4. The lowest BCUT2D eigenvalue weighted by molar-refractivity contribution is -0.786. The van der Waals surface area contributed by atoms with Crippen LogP contribution in [0.4, 0.5) is 183 Å². The Morgan fingerprint density at radius 1 is 0.411 bits per heavy atom. The minimum Gasteiger partial charge on any atom is -0.478 e. The lowest BCUT2D eigenvalue weighted by Gasteiger charge is -2.29. The molecule has 0 spiro atoms. The molecule has 17 nitrogen and oxygen atoms in total. The Bertz CT molecular complexity index is 6110. The molecule has 0 fully saturated rings. The monoisotopic (exact) mass is 1860 g/mol. The fourth-order valence-electron chi connectivity index (χ4n) is 13.6. The first-order valence-corrected chi connectivity index (χ1v) is 33.8. The van der Waals surface area contributed by atoms with E-state index in [9.17, 15) is 9.90 Å². The minimum absolute atomic E-state index is 0.0456. The number of nitrogens with one attached hydrogen (secondary N) is 2. The normalized spacial score (nSPS) is 16.2. The highest BCUT2D eigenvalue weighted by molar-refractivity contribution is 7.14. The molecular weight excluding hydrogens is 1830 g/mol. The Morgan fingerprint density at radius 2 is 0.726 bits per heavy atom. The zero-order valence-electron chi connectivity index (χ0n) is 59.1. The van der Waals surface area contributed by atoms with E-state index in [1.165, 1.54) is 0 Å². The number of halogens is 39. The predicted molar refractivity (Wildman–Crippen MR) is 341 cm³/mol. The van der Waals surface area contributed by atoms with Gasteiger partial charge in [0.15, 0.2) is 11.3 Å². The van der Waals surface area contributed by atoms with Crippen molar-refractivity contribution in [3.63, 3.8) is 0 Å². The Morgan fingerprint density at radius 3 is 1.09 bits per heavy atom. The van der Waals surface area contributed by atoms with E-state index in [1.54, 1.807) is 5.53 Å². The van der Waals surface area contributed by atoms with Gasteiger partial charge in [-0.3, -0.25) is 4.57 Å². The van der Waals surface area contributed by atoms with Crippen LogP contribution in [-0.4, -0.2) is 158 Å². The molecule has 6 bridgehead atoms. The van der Waals surface area contributed by atoms with E-state index < -0.39 is 316 Å². The van der Waals surface area contributed by atoms with Crippen molar-refractivity contribution in [2.75, 3.05) is 5.32 Å². The molecule has 13 rings (SSSR count). The van der Waals surface area contributed by atoms with Gasteiger partial charge in [0.05, 0.1) is 27.1 Å². The molecule has 670 valence electrons. The Hall–Kier alpha value is -11.6. The smallest absolute Gasteiger partial charge is 0.434 e. The van der Waals surface area contributed by atoms with Gasteiger partial charge < -0.3 is 43.4 Å². The predicted octanol–water partition coefficient (Wildman–Crippen LogP) is 20.1. The first-order valence-electron chi connectivity index (χ1n) is 33.0. The van der Waals surface area contributed by atoms with E-state index in [2.05, 4.69) is 33.9 Å². The molecule has 1 atom stereocenters. The number of hydrazone groups is 2. The van der Waals surface area contributed by atoms with Crippen molar-refractivity contribution >= 4 is 106 Å². The number of amidine groups is 3. The summed E-state index contributed by atoms with van der Waals surface area (Å²) in [6.45, 7) is 0.534. The van der Waals surface area contributed by atoms with Crippen LogP contribution in [0.1, 0.15) is 45.1 Å². The van der Waals surface area contributed by atoms with Crippen LogP contribution in [0.25, 0.3) is 59.9 Å². The lowest BCUT2D eigenvalue weighted by Crippen LogP contribution is -2.48. The SMILES string of the molecule is CC(=Cc1sc(C(F)(F)F)c2c3n(C)c(c12)=NC1=[N+]2N[N+]4=C(N=3)c3c(c(OC(C(F)(F)F)C(F)(F)F)c5ccccc5c3OC(C(F)(F)F)C(F)(F)F)C4=Nc3c4c(OC(C(F)(F)F)C(F)(F)F)c5ccccc5c(OC(C(F)(F)F)C(F)(F)F)c4c(n3C)NC2c2c1c(OC(C(F)(F)F)C(F)(F)F)c1ccccc1c2OC(C(F)(F)F)C(F)(F)F)C(=O)O. The topological polar surface area (TPSA) is 170 Å². The molecule has 0 saturated carbocycles. The number of hydrogen-bond donors (Lipinski definition) is 3. The number of aromatic nitrogens is 2. The number of anilines is 1. The molecule has 9 aromatic rings. The number of fused-ring (bicyclic) bond motifs is 19. The maximum absolute atomic E-state index is 16.3. The molecule has 124 heavy (non-hydrogen) atoms. The van der Waals surface area contributed by atoms with Crippen molar-refractivity contribution in [3.05, 3.63) is 121 Å². The van der Waals surface area contributed by atoms with Gasteiger partial charge in [-0.05, 0) is 18.5 Å². The fourth-order valence-corrected chi connectivity index (χ4v) is 14.8. The van der Waals surface area contributed by atoms with E-state index in [0.717, 1.165) is 0 Å². The summed E-state index contributed by atoms with van der Waals surface area (Å²) in [7, 11) is 0.323. The van der Waals surface area contributed by atoms with Crippen LogP contribution in [0, 0.1) is 0 Å². The van der Waals surface area contributed by atoms with Crippen molar-refractivity contribution in [3.8, 4) is 34.5 Å². The van der Waals surface area contributed by atoms with Crippen LogP contribution in [0.2, 0.25) is 0 Å². The maximum atomic E-state index is 16.3. The zero-order valence-corrected chi connectivity index (χ0v) is 59.9. The second-order valence-corrected chi connectivity index (χ2v) is 27.7. The van der Waals surface area contributed by atoms with Gasteiger partial charge in [0, 0.05) is 61.9 Å². The Balaban J connectivity index is 1.44. The van der Waals surface area contributed by atoms with Gasteiger partial charge in [-0.25, -0.2) is 4.79 Å². The summed E-state index contributed by atoms with van der Waals surface area (Å²) >= 11 is -0.753. The van der Waals surface area contributed by atoms with Crippen LogP contribution in [0.5, 0.6) is 34.5 Å². The summed E-state index contributed by atoms with van der Waals surface area (Å²) in [6.07, 6.45) is -128. The largest absolute Gasteiger partial charge is 0.478 e. The number of aliphatic carboxylic acids is 1. The van der Waals surface area contributed by atoms with Gasteiger partial charge in [0.1, 0.15) is 61.9 Å². The molecule has 4 aliphatic heterocycles. The standard InChI is InChI=1S/C67H30F39N9O8S/c1-17(48(116)117)16-24-25-32(39(124-24)55(68,69)70)43-110-47-31-30(37(122-53(64(95,96)97)65(98,99)100)22-14-8-9-15-23(22)38(31)123-54(66(101,102)103)67(104,105)106)46-109-42-27-26(33(118-49(56(71,72)73)57(74,75)76)18-10-4-5-11-19(18)34(27)119-50(58(77,78)79)59(80,81)82)41(113(42)3)108-45-29-28(44(107-40(25)112(43)2)114(45)111-115(46)47)35(120-51(60(83,84)85)61(86,87)88)20-12-6-7-13-21(20)36(29)121-52(62(89,90)91)63(92,93)94/h4-16,45,49-54,111H,1-3H3/p+2. The highest BCUT2D eigenvalue weighted by Crippen LogP contribution is 2.60. The maximum Gasteiger partial charge on any atom is 0.434 e. The summed E-state index contributed by atoms with van der Waals surface area (Å²) < 4.78 is 632. The number of hydrazine groups is 2. The highest BCUT2D eigenvalue weighted by Gasteiger charge is 2.68. The number of ether oxygens (including phenoxy) is 6. The highest BCUT2D eigenvalue weighted by atomic mass is 32.1. The fraction of sp³-hybridized carbons (Fsp3) is 0.343. The molecular formula is C67H32F39N9O8S+2. The van der Waals surface area contributed by atoms with Crippen molar-refractivity contribution in [1.82, 2.24) is 14.7 Å². The second-order valence-electron chi connectivity index (χ2n) is 26.7. The third-order valence-corrected chi connectivity index (χ3v) is 19.6. The van der Waals surface area contributed by atoms with Gasteiger partial charge in [-0.1, -0.05) is 82.2 Å². The van der Waals surface area contributed by atoms with E-state index in [1.807, 2.05) is 5.32 Å². The number of carboxylic acid groups (broad SMARTS) is 1. The molecule has 1 unspecified atom stereocenters. The minimum atomic E-state index is -7.11. The van der Waals surface area contributed by atoms with Gasteiger partial charge in [0.2, 0.25) is 0 Å². The van der Waals surface area contributed by atoms with E-state index in [4.69, 9.17) is 9.47 Å². The molecule has 0 amide bonds. The van der Waals surface area contributed by atoms with Crippen molar-refractivity contribution < 1.29 is 219 Å². The van der Waals surface area contributed by atoms with Gasteiger partial charge in [-0.15, -0.1) is 11.3 Å². The number of carboxylic acids is 1. The molecule has 0 saturated heterocycles. The molecule has 57 heteroatoms. The lowest BCUT2D eigenvalue weighted by atomic mass is 9.96. The van der Waals surface area contributed by atoms with Gasteiger partial charge in [0.25, 0.3) is 59.9 Å². The van der Waals surface area contributed by atoms with Gasteiger partial charge in [-0.2, -0.15) is 181 Å². The van der Waals surface area contributed by atoms with Crippen molar-refractivity contribution in [2.24, 2.45) is 29.1 Å². The first kappa shape index (κ1) is 90.1. The number of carbonyl (C=O) groups is 1. The van der Waals surface area contributed by atoms with Crippen LogP contribution in [0.15, 0.2) is 93.3 Å². The summed E-state index contributed by atoms with van der Waals surface area (Å²) in [5.74, 6) is -28.6. The van der Waals surface area contributed by atoms with Crippen LogP contribution in [-0.2, 0) is 25.1 Å². The van der Waals surface area contributed by atoms with Crippen LogP contribution >= 0.6 is 11.3 Å². The summed E-state index contributed by atoms with van der Waals surface area (Å²) in [6, 6.07) is 2.83. The molecule has 6 aromatic carbocycles. The van der Waals surface area contributed by atoms with Crippen LogP contribution in [0.3, 0.4) is 0 Å². The van der Waals surface area contributed by atoms with E-state index in [0.29, 0.717) is 43.3 Å². The van der Waals surface area contributed by atoms with E-state index >= 15 is 171 Å². The summed E-state index contributed by atoms with van der Waals surface area (Å²) in [5, 5.41) is -7.03. The number of hydrogen-bond acceptors (Lipinski definition) is 13. The number of benzene rings is 6. The molecule has 0 radical (unpaired) electrons. The number of aliphatic imine (C=N–C) groups is 1. The first-order chi connectivity index (χ1) is 56.4. The summed E-state index contributed by atoms with van der Waals surface area (Å²) in [4.78, 5) is 21.0. The molecule has 0 aliphatic carbocycles. The number of alkyl halides is 39. The average Bonchev–Trinajstić information content (AvgIpc) is 1.52. The van der Waals surface area contributed by atoms with E-state index in [-0.39, 0.29) is 65.7 Å². The van der Waals surface area contributed by atoms with Crippen molar-refractivity contribution in [2.45, 2.75) is 130 Å². The third-order valence-electron chi connectivity index (χ3n) is 18.4. The molecule has 3 aromatic heterocycles. The molecule has 3 N–H and O–H groups in total. The van der Waals surface area contributed by atoms with Crippen molar-refractivity contribution in [1.29, 1.82) is 0 Å². The molecule has 7 heterocycles. The Kier molecular flexibility index (Phi) is 20.9. The average molecular weight is 1860 g/mol. The third kappa shape index (κ3) is 15.6. The second kappa shape index (κ2) is 28.7.